The average Bonchev–Trinajstić information content (AvgIpc) is 2.61. The maximum Gasteiger partial charge on any atom is 0.240 e. The van der Waals surface area contributed by atoms with Crippen LogP contribution in [0.25, 0.3) is 0 Å². The third kappa shape index (κ3) is 7.20. The highest BCUT2D eigenvalue weighted by molar-refractivity contribution is 8.00. The zero-order chi connectivity index (χ0) is 19.8. The minimum Gasteiger partial charge on any atom is -0.370 e. The molecule has 0 bridgehead atoms. The van der Waals surface area contributed by atoms with Gasteiger partial charge in [-0.3, -0.25) is 9.59 Å². The van der Waals surface area contributed by atoms with Crippen LogP contribution >= 0.6 is 23.4 Å². The fourth-order valence-corrected chi connectivity index (χ4v) is 3.07. The van der Waals surface area contributed by atoms with Gasteiger partial charge < -0.3 is 22.5 Å². The van der Waals surface area contributed by atoms with Crippen LogP contribution in [0.3, 0.4) is 0 Å². The molecule has 2 rings (SSSR count). The van der Waals surface area contributed by atoms with Crippen LogP contribution in [0, 0.1) is 0 Å². The Kier molecular flexibility index (Phi) is 7.51. The van der Waals surface area contributed by atoms with Gasteiger partial charge in [0, 0.05) is 16.3 Å². The van der Waals surface area contributed by atoms with E-state index in [0.717, 1.165) is 10.5 Å². The Morgan fingerprint density at radius 1 is 1.04 bits per heavy atom. The van der Waals surface area contributed by atoms with Crippen molar-refractivity contribution in [2.75, 3.05) is 5.75 Å². The van der Waals surface area contributed by atoms with Crippen LogP contribution in [0.2, 0.25) is 5.02 Å². The van der Waals surface area contributed by atoms with Crippen molar-refractivity contribution in [3.63, 3.8) is 0 Å². The maximum absolute atomic E-state index is 12.2. The molecule has 0 radical (unpaired) electrons. The van der Waals surface area contributed by atoms with E-state index in [1.807, 2.05) is 12.1 Å². The number of nitrogens with zero attached hydrogens (tertiary/aromatic N) is 1. The number of nitrogens with two attached hydrogens (primary N) is 3. The number of hydrogen-bond donors (Lipinski definition) is 4. The first-order valence-corrected chi connectivity index (χ1v) is 9.35. The topological polar surface area (TPSA) is 137 Å². The fourth-order valence-electron chi connectivity index (χ4n) is 2.23. The minimum atomic E-state index is -0.808. The molecule has 0 aliphatic rings. The van der Waals surface area contributed by atoms with Crippen molar-refractivity contribution in [2.24, 2.45) is 22.2 Å². The second-order valence-corrected chi connectivity index (χ2v) is 7.16. The number of amides is 2. The molecular weight excluding hydrogens is 386 g/mol. The first kappa shape index (κ1) is 20.6. The van der Waals surface area contributed by atoms with Gasteiger partial charge in [0.25, 0.3) is 0 Å². The number of aliphatic imine (C=N–C) groups is 1. The molecule has 1 atom stereocenters. The molecule has 2 aromatic carbocycles. The van der Waals surface area contributed by atoms with Gasteiger partial charge in [0.15, 0.2) is 5.96 Å². The van der Waals surface area contributed by atoms with Crippen LogP contribution in [-0.4, -0.2) is 29.6 Å². The summed E-state index contributed by atoms with van der Waals surface area (Å²) in [5.41, 5.74) is 17.5. The van der Waals surface area contributed by atoms with Gasteiger partial charge in [-0.1, -0.05) is 23.7 Å². The molecule has 0 aromatic heterocycles. The van der Waals surface area contributed by atoms with Crippen molar-refractivity contribution < 1.29 is 9.59 Å². The van der Waals surface area contributed by atoms with E-state index in [0.29, 0.717) is 10.7 Å². The van der Waals surface area contributed by atoms with E-state index in [4.69, 9.17) is 28.8 Å². The molecule has 7 nitrogen and oxygen atoms in total. The third-order valence-electron chi connectivity index (χ3n) is 3.50. The molecular formula is C18H20ClN5O2S. The summed E-state index contributed by atoms with van der Waals surface area (Å²) < 4.78 is 0. The number of benzene rings is 2. The molecule has 0 saturated heterocycles. The van der Waals surface area contributed by atoms with E-state index < -0.39 is 11.9 Å². The average molecular weight is 406 g/mol. The summed E-state index contributed by atoms with van der Waals surface area (Å²) in [5, 5.41) is 3.29. The number of carbonyl (C=O) groups is 2. The Morgan fingerprint density at radius 3 is 2.22 bits per heavy atom. The van der Waals surface area contributed by atoms with Crippen molar-refractivity contribution in [2.45, 2.75) is 17.4 Å². The Balaban J connectivity index is 1.92. The van der Waals surface area contributed by atoms with E-state index in [2.05, 4.69) is 10.3 Å². The van der Waals surface area contributed by atoms with Gasteiger partial charge >= 0.3 is 0 Å². The van der Waals surface area contributed by atoms with Gasteiger partial charge in [0.1, 0.15) is 6.04 Å². The summed E-state index contributed by atoms with van der Waals surface area (Å²) in [6.07, 6.45) is 0.273. The maximum atomic E-state index is 12.2. The summed E-state index contributed by atoms with van der Waals surface area (Å²) in [6.45, 7) is 0. The quantitative estimate of drug-likeness (QED) is 0.300. The number of thioether (sulfide) groups is 1. The van der Waals surface area contributed by atoms with Crippen LogP contribution in [0.4, 0.5) is 5.69 Å². The first-order valence-electron chi connectivity index (χ1n) is 7.99. The van der Waals surface area contributed by atoms with E-state index in [9.17, 15) is 9.59 Å². The Morgan fingerprint density at radius 2 is 1.67 bits per heavy atom. The number of carbonyl (C=O) groups excluding carboxylic acids is 2. The molecule has 0 heterocycles. The zero-order valence-corrected chi connectivity index (χ0v) is 16.0. The standard InChI is InChI=1S/C18H20ClN5O2S/c19-12-3-7-14(8-4-12)27-10-16(25)24-15(17(20)26)9-11-1-5-13(6-2-11)23-18(21)22/h1-8,15H,9-10H2,(H2,20,26)(H,24,25)(H4,21,22,23)/t15-/m0/s1. The predicted octanol–water partition coefficient (Wildman–Crippen LogP) is 1.55. The van der Waals surface area contributed by atoms with Crippen molar-refractivity contribution in [3.05, 3.63) is 59.1 Å². The van der Waals surface area contributed by atoms with Crippen LogP contribution in [0.5, 0.6) is 0 Å². The van der Waals surface area contributed by atoms with Gasteiger partial charge in [-0.15, -0.1) is 11.8 Å². The van der Waals surface area contributed by atoms with Gasteiger partial charge in [0.2, 0.25) is 11.8 Å². The SMILES string of the molecule is NC(=O)[C@H](Cc1ccc(N=C(N)N)cc1)NC(=O)CSc1ccc(Cl)cc1. The molecule has 2 aromatic rings. The van der Waals surface area contributed by atoms with Crippen molar-refractivity contribution >= 4 is 46.8 Å². The minimum absolute atomic E-state index is 0.0387. The highest BCUT2D eigenvalue weighted by atomic mass is 35.5. The Hall–Kier alpha value is -2.71. The highest BCUT2D eigenvalue weighted by Crippen LogP contribution is 2.20. The molecule has 0 aliphatic carbocycles. The second-order valence-electron chi connectivity index (χ2n) is 5.67. The molecule has 0 aliphatic heterocycles. The normalized spacial score (nSPS) is 11.4. The van der Waals surface area contributed by atoms with Crippen LogP contribution in [0.15, 0.2) is 58.4 Å². The monoisotopic (exact) mass is 405 g/mol. The van der Waals surface area contributed by atoms with Crippen molar-refractivity contribution in [3.8, 4) is 0 Å². The zero-order valence-electron chi connectivity index (χ0n) is 14.4. The van der Waals surface area contributed by atoms with Gasteiger partial charge in [0.05, 0.1) is 11.4 Å². The van der Waals surface area contributed by atoms with E-state index >= 15 is 0 Å². The van der Waals surface area contributed by atoms with E-state index in [-0.39, 0.29) is 24.0 Å². The lowest BCUT2D eigenvalue weighted by molar-refractivity contribution is -0.125. The molecule has 142 valence electrons. The molecule has 2 amide bonds. The number of guanidine groups is 1. The van der Waals surface area contributed by atoms with Crippen LogP contribution in [0.1, 0.15) is 5.56 Å². The van der Waals surface area contributed by atoms with Crippen molar-refractivity contribution in [1.82, 2.24) is 5.32 Å². The molecule has 0 fully saturated rings. The lowest BCUT2D eigenvalue weighted by Gasteiger charge is -2.15. The smallest absolute Gasteiger partial charge is 0.240 e. The number of rotatable bonds is 8. The number of primary amides is 1. The number of hydrogen-bond acceptors (Lipinski definition) is 4. The number of nitrogens with one attached hydrogen (secondary N) is 1. The molecule has 0 spiro atoms. The molecule has 0 unspecified atom stereocenters. The van der Waals surface area contributed by atoms with Crippen molar-refractivity contribution in [1.29, 1.82) is 0 Å². The highest BCUT2D eigenvalue weighted by Gasteiger charge is 2.18. The van der Waals surface area contributed by atoms with E-state index in [1.165, 1.54) is 11.8 Å². The second kappa shape index (κ2) is 9.84. The Labute approximate surface area is 166 Å². The molecule has 27 heavy (non-hydrogen) atoms. The summed E-state index contributed by atoms with van der Waals surface area (Å²) in [5.74, 6) is -0.762. The third-order valence-corrected chi connectivity index (χ3v) is 4.76. The lowest BCUT2D eigenvalue weighted by atomic mass is 10.1. The predicted molar refractivity (Wildman–Crippen MR) is 109 cm³/mol. The summed E-state index contributed by atoms with van der Waals surface area (Å²) in [4.78, 5) is 28.7. The largest absolute Gasteiger partial charge is 0.370 e. The van der Waals surface area contributed by atoms with Gasteiger partial charge in [-0.25, -0.2) is 4.99 Å². The summed E-state index contributed by atoms with van der Waals surface area (Å²) >= 11 is 7.17. The first-order chi connectivity index (χ1) is 12.8. The Bertz CT molecular complexity index is 821. The van der Waals surface area contributed by atoms with Gasteiger partial charge in [-0.05, 0) is 42.0 Å². The van der Waals surface area contributed by atoms with Crippen LogP contribution in [-0.2, 0) is 16.0 Å². The fraction of sp³-hybridized carbons (Fsp3) is 0.167. The molecule has 7 N–H and O–H groups in total. The van der Waals surface area contributed by atoms with Crippen LogP contribution < -0.4 is 22.5 Å². The molecule has 0 saturated carbocycles. The lowest BCUT2D eigenvalue weighted by Crippen LogP contribution is -2.46. The summed E-state index contributed by atoms with van der Waals surface area (Å²) in [7, 11) is 0. The number of halogens is 1. The van der Waals surface area contributed by atoms with Gasteiger partial charge in [-0.2, -0.15) is 0 Å². The molecule has 9 heteroatoms. The van der Waals surface area contributed by atoms with E-state index in [1.54, 1.807) is 36.4 Å². The summed E-state index contributed by atoms with van der Waals surface area (Å²) in [6, 6.07) is 13.3.